The molecule has 0 atom stereocenters. The van der Waals surface area contributed by atoms with Crippen LogP contribution >= 0.6 is 11.8 Å². The van der Waals surface area contributed by atoms with E-state index in [-0.39, 0.29) is 17.4 Å². The minimum Gasteiger partial charge on any atom is -0.490 e. The molecule has 0 saturated carbocycles. The third-order valence-electron chi connectivity index (χ3n) is 3.67. The van der Waals surface area contributed by atoms with Gasteiger partial charge in [-0.2, -0.15) is 0 Å². The highest BCUT2D eigenvalue weighted by atomic mass is 32.2. The number of rotatable bonds is 10. The van der Waals surface area contributed by atoms with Crippen LogP contribution < -0.4 is 14.8 Å². The second kappa shape index (κ2) is 10.6. The number of hydrogen-bond donors (Lipinski definition) is 1. The van der Waals surface area contributed by atoms with E-state index in [1.165, 1.54) is 0 Å². The van der Waals surface area contributed by atoms with Crippen LogP contribution in [0.3, 0.4) is 0 Å². The Kier molecular flexibility index (Phi) is 8.13. The molecule has 0 spiro atoms. The molecule has 1 aromatic carbocycles. The van der Waals surface area contributed by atoms with Gasteiger partial charge in [-0.15, -0.1) is 0 Å². The number of amides is 3. The Morgan fingerprint density at radius 1 is 1.25 bits per heavy atom. The SMILES string of the molecule is C=CCOc1ccc(/C=C2\SC(=O)N(CC(=O)NCCC)C2=O)cc1OCC. The smallest absolute Gasteiger partial charge is 0.294 e. The zero-order chi connectivity index (χ0) is 20.5. The van der Waals surface area contributed by atoms with E-state index in [1.54, 1.807) is 30.4 Å². The van der Waals surface area contributed by atoms with Crippen molar-refractivity contribution in [1.29, 1.82) is 0 Å². The normalized spacial score (nSPS) is 15.1. The summed E-state index contributed by atoms with van der Waals surface area (Å²) in [6, 6.07) is 5.25. The van der Waals surface area contributed by atoms with E-state index >= 15 is 0 Å². The lowest BCUT2D eigenvalue weighted by molar-refractivity contribution is -0.129. The fraction of sp³-hybridized carbons (Fsp3) is 0.350. The minimum atomic E-state index is -0.480. The molecule has 0 aromatic heterocycles. The van der Waals surface area contributed by atoms with Crippen molar-refractivity contribution in [3.8, 4) is 11.5 Å². The number of hydrogen-bond acceptors (Lipinski definition) is 6. The standard InChI is InChI=1S/C20H24N2O5S/c1-4-9-21-18(23)13-22-19(24)17(28-20(22)25)12-14-7-8-15(27-10-5-2)16(11-14)26-6-3/h5,7-8,11-12H,2,4,6,9-10,13H2,1,3H3,(H,21,23)/b17-12-. The van der Waals surface area contributed by atoms with Crippen molar-refractivity contribution < 1.29 is 23.9 Å². The van der Waals surface area contributed by atoms with Gasteiger partial charge in [-0.25, -0.2) is 0 Å². The van der Waals surface area contributed by atoms with E-state index in [0.717, 1.165) is 23.1 Å². The molecule has 1 fully saturated rings. The largest absolute Gasteiger partial charge is 0.490 e. The number of ether oxygens (including phenoxy) is 2. The van der Waals surface area contributed by atoms with Gasteiger partial charge >= 0.3 is 0 Å². The van der Waals surface area contributed by atoms with Crippen LogP contribution in [-0.4, -0.2) is 48.3 Å². The van der Waals surface area contributed by atoms with Gasteiger partial charge < -0.3 is 14.8 Å². The van der Waals surface area contributed by atoms with Crippen LogP contribution in [-0.2, 0) is 9.59 Å². The fourth-order valence-corrected chi connectivity index (χ4v) is 3.24. The van der Waals surface area contributed by atoms with E-state index in [1.807, 2.05) is 13.8 Å². The van der Waals surface area contributed by atoms with E-state index in [2.05, 4.69) is 11.9 Å². The zero-order valence-corrected chi connectivity index (χ0v) is 16.8. The van der Waals surface area contributed by atoms with Crippen molar-refractivity contribution in [1.82, 2.24) is 10.2 Å². The summed E-state index contributed by atoms with van der Waals surface area (Å²) in [4.78, 5) is 37.7. The van der Waals surface area contributed by atoms with Crippen molar-refractivity contribution in [2.45, 2.75) is 20.3 Å². The highest BCUT2D eigenvalue weighted by Gasteiger charge is 2.36. The van der Waals surface area contributed by atoms with E-state index in [9.17, 15) is 14.4 Å². The second-order valence-corrected chi connectivity index (χ2v) is 6.85. The Morgan fingerprint density at radius 3 is 2.71 bits per heavy atom. The summed E-state index contributed by atoms with van der Waals surface area (Å²) >= 11 is 0.813. The molecule has 1 saturated heterocycles. The first-order valence-corrected chi connectivity index (χ1v) is 9.84. The van der Waals surface area contributed by atoms with Crippen molar-refractivity contribution in [3.05, 3.63) is 41.3 Å². The summed E-state index contributed by atoms with van der Waals surface area (Å²) < 4.78 is 11.1. The number of thioether (sulfide) groups is 1. The zero-order valence-electron chi connectivity index (χ0n) is 16.0. The second-order valence-electron chi connectivity index (χ2n) is 5.86. The Labute approximate surface area is 168 Å². The molecular formula is C20H24N2O5S. The van der Waals surface area contributed by atoms with Crippen LogP contribution in [0.15, 0.2) is 35.8 Å². The van der Waals surface area contributed by atoms with Gasteiger partial charge in [0.25, 0.3) is 11.1 Å². The lowest BCUT2D eigenvalue weighted by atomic mass is 10.2. The quantitative estimate of drug-likeness (QED) is 0.476. The summed E-state index contributed by atoms with van der Waals surface area (Å²) in [7, 11) is 0. The monoisotopic (exact) mass is 404 g/mol. The van der Waals surface area contributed by atoms with Crippen LogP contribution in [0.5, 0.6) is 11.5 Å². The van der Waals surface area contributed by atoms with Crippen LogP contribution in [0.1, 0.15) is 25.8 Å². The molecule has 7 nitrogen and oxygen atoms in total. The molecule has 0 unspecified atom stereocenters. The van der Waals surface area contributed by atoms with Crippen LogP contribution in [0, 0.1) is 0 Å². The van der Waals surface area contributed by atoms with Crippen molar-refractivity contribution in [2.75, 3.05) is 26.3 Å². The summed E-state index contributed by atoms with van der Waals surface area (Å²) in [5.74, 6) is 0.273. The number of nitrogens with zero attached hydrogens (tertiary/aromatic N) is 1. The third-order valence-corrected chi connectivity index (χ3v) is 4.58. The number of carbonyl (C=O) groups excluding carboxylic acids is 3. The Hall–Kier alpha value is -2.74. The maximum absolute atomic E-state index is 12.5. The van der Waals surface area contributed by atoms with Crippen molar-refractivity contribution in [3.63, 3.8) is 0 Å². The predicted molar refractivity (Wildman–Crippen MR) is 109 cm³/mol. The summed E-state index contributed by atoms with van der Waals surface area (Å²) in [6.45, 7) is 8.43. The highest BCUT2D eigenvalue weighted by Crippen LogP contribution is 2.34. The van der Waals surface area contributed by atoms with Gasteiger partial charge in [0.05, 0.1) is 11.5 Å². The maximum atomic E-state index is 12.5. The average Bonchev–Trinajstić information content (AvgIpc) is 2.93. The minimum absolute atomic E-state index is 0.260. The third kappa shape index (κ3) is 5.63. The highest BCUT2D eigenvalue weighted by molar-refractivity contribution is 8.18. The first-order chi connectivity index (χ1) is 13.5. The molecule has 28 heavy (non-hydrogen) atoms. The summed E-state index contributed by atoms with van der Waals surface area (Å²) in [5.41, 5.74) is 0.690. The van der Waals surface area contributed by atoms with Crippen LogP contribution in [0.4, 0.5) is 4.79 Å². The van der Waals surface area contributed by atoms with Gasteiger partial charge in [0.1, 0.15) is 13.2 Å². The lowest BCUT2D eigenvalue weighted by Gasteiger charge is -2.12. The van der Waals surface area contributed by atoms with Gasteiger partial charge in [0.15, 0.2) is 11.5 Å². The Morgan fingerprint density at radius 2 is 2.04 bits per heavy atom. The molecule has 1 aliphatic heterocycles. The number of nitrogens with one attached hydrogen (secondary N) is 1. The van der Waals surface area contributed by atoms with Gasteiger partial charge in [-0.1, -0.05) is 25.6 Å². The van der Waals surface area contributed by atoms with Gasteiger partial charge in [-0.3, -0.25) is 19.3 Å². The van der Waals surface area contributed by atoms with Crippen molar-refractivity contribution >= 4 is 34.9 Å². The average molecular weight is 404 g/mol. The van der Waals surface area contributed by atoms with Gasteiger partial charge in [0.2, 0.25) is 5.91 Å². The molecular weight excluding hydrogens is 380 g/mol. The first kappa shape index (κ1) is 21.6. The molecule has 8 heteroatoms. The first-order valence-electron chi connectivity index (χ1n) is 9.02. The molecule has 1 heterocycles. The van der Waals surface area contributed by atoms with Crippen molar-refractivity contribution in [2.24, 2.45) is 0 Å². The van der Waals surface area contributed by atoms with E-state index < -0.39 is 11.1 Å². The molecule has 150 valence electrons. The van der Waals surface area contributed by atoms with Gasteiger partial charge in [-0.05, 0) is 48.9 Å². The molecule has 0 bridgehead atoms. The fourth-order valence-electron chi connectivity index (χ4n) is 2.40. The number of carbonyl (C=O) groups is 3. The lowest BCUT2D eigenvalue weighted by Crippen LogP contribution is -2.39. The predicted octanol–water partition coefficient (Wildman–Crippen LogP) is 3.21. The Balaban J connectivity index is 2.17. The Bertz CT molecular complexity index is 791. The number of imide groups is 1. The molecule has 0 radical (unpaired) electrons. The van der Waals surface area contributed by atoms with Crippen LogP contribution in [0.25, 0.3) is 6.08 Å². The number of benzene rings is 1. The summed E-state index contributed by atoms with van der Waals surface area (Å²) in [6.07, 6.45) is 4.02. The van der Waals surface area contributed by atoms with Gasteiger partial charge in [0, 0.05) is 6.54 Å². The van der Waals surface area contributed by atoms with Crippen LogP contribution in [0.2, 0.25) is 0 Å². The molecule has 2 rings (SSSR count). The molecule has 1 aliphatic rings. The van der Waals surface area contributed by atoms with E-state index in [4.69, 9.17) is 9.47 Å². The molecule has 0 aliphatic carbocycles. The topological polar surface area (TPSA) is 84.9 Å². The maximum Gasteiger partial charge on any atom is 0.294 e. The van der Waals surface area contributed by atoms with E-state index in [0.29, 0.717) is 36.8 Å². The molecule has 3 amide bonds. The molecule has 1 aromatic rings. The summed E-state index contributed by atoms with van der Waals surface area (Å²) in [5, 5.41) is 2.20. The molecule has 1 N–H and O–H groups in total.